The molecule has 0 heterocycles. The predicted octanol–water partition coefficient (Wildman–Crippen LogP) is 0.631. The molecule has 1 aliphatic carbocycles. The fraction of sp³-hybridized carbons (Fsp3) is 0.300. The smallest absolute Gasteiger partial charge is 0.221 e. The summed E-state index contributed by atoms with van der Waals surface area (Å²) < 4.78 is 0. The summed E-state index contributed by atoms with van der Waals surface area (Å²) in [5.74, 6) is 3.33. The summed E-state index contributed by atoms with van der Waals surface area (Å²) in [6.07, 6.45) is 6.30. The van der Waals surface area contributed by atoms with Gasteiger partial charge >= 0.3 is 0 Å². The van der Waals surface area contributed by atoms with Crippen LogP contribution in [0.2, 0.25) is 0 Å². The maximum Gasteiger partial charge on any atom is 0.221 e. The maximum atomic E-state index is 10.8. The summed E-state index contributed by atoms with van der Waals surface area (Å²) in [6, 6.07) is 0. The number of hydrazone groups is 1. The molecule has 5 nitrogen and oxygen atoms in total. The molecule has 1 amide bonds. The van der Waals surface area contributed by atoms with Crippen LogP contribution in [0, 0.1) is 0 Å². The molecule has 0 radical (unpaired) electrons. The Morgan fingerprint density at radius 2 is 2.50 bits per heavy atom. The van der Waals surface area contributed by atoms with Crippen LogP contribution in [0.4, 0.5) is 0 Å². The number of carbonyl (C=O) groups excluding carboxylic acids is 1. The van der Waals surface area contributed by atoms with E-state index < -0.39 is 0 Å². The van der Waals surface area contributed by atoms with Crippen LogP contribution in [0.15, 0.2) is 34.6 Å². The predicted molar refractivity (Wildman–Crippen MR) is 66.4 cm³/mol. The summed E-state index contributed by atoms with van der Waals surface area (Å²) in [5.41, 5.74) is 4.49. The first-order valence-corrected chi connectivity index (χ1v) is 5.79. The first kappa shape index (κ1) is 12.6. The van der Waals surface area contributed by atoms with Gasteiger partial charge in [-0.15, -0.1) is 5.10 Å². The molecule has 1 rings (SSSR count). The van der Waals surface area contributed by atoms with Crippen molar-refractivity contribution in [3.05, 3.63) is 29.5 Å². The lowest BCUT2D eigenvalue weighted by molar-refractivity contribution is -0.118. The van der Waals surface area contributed by atoms with Gasteiger partial charge in [0.15, 0.2) is 0 Å². The van der Waals surface area contributed by atoms with Crippen molar-refractivity contribution in [2.24, 2.45) is 10.2 Å². The van der Waals surface area contributed by atoms with E-state index in [0.29, 0.717) is 12.3 Å². The molecule has 0 spiro atoms. The first-order chi connectivity index (χ1) is 7.72. The molecule has 86 valence electrons. The Kier molecular flexibility index (Phi) is 5.42. The second-order valence-electron chi connectivity index (χ2n) is 3.10. The highest BCUT2D eigenvalue weighted by atomic mass is 32.2. The van der Waals surface area contributed by atoms with Crippen molar-refractivity contribution < 1.29 is 4.79 Å². The van der Waals surface area contributed by atoms with Gasteiger partial charge < -0.3 is 5.32 Å². The molecule has 1 aliphatic rings. The highest BCUT2D eigenvalue weighted by Crippen LogP contribution is 2.10. The molecule has 0 aromatic rings. The molecule has 0 bridgehead atoms. The largest absolute Gasteiger partial charge is 0.327 e. The maximum absolute atomic E-state index is 10.8. The Hall–Kier alpha value is -1.49. The zero-order valence-corrected chi connectivity index (χ0v) is 9.80. The first-order valence-electron chi connectivity index (χ1n) is 4.74. The van der Waals surface area contributed by atoms with E-state index in [1.165, 1.54) is 6.92 Å². The molecule has 4 N–H and O–H groups in total. The van der Waals surface area contributed by atoms with Crippen molar-refractivity contribution in [1.29, 1.82) is 0 Å². The Morgan fingerprint density at radius 1 is 1.69 bits per heavy atom. The van der Waals surface area contributed by atoms with E-state index in [1.807, 2.05) is 18.2 Å². The van der Waals surface area contributed by atoms with E-state index >= 15 is 0 Å². The zero-order chi connectivity index (χ0) is 11.8. The lowest BCUT2D eigenvalue weighted by Crippen LogP contribution is -2.18. The van der Waals surface area contributed by atoms with Gasteiger partial charge in [-0.25, -0.2) is 0 Å². The van der Waals surface area contributed by atoms with Gasteiger partial charge in [-0.2, -0.15) is 0 Å². The van der Waals surface area contributed by atoms with Crippen molar-refractivity contribution >= 4 is 23.7 Å². The van der Waals surface area contributed by atoms with Gasteiger partial charge in [-0.1, -0.05) is 18.0 Å². The van der Waals surface area contributed by atoms with E-state index in [1.54, 1.807) is 0 Å². The number of hydrogen-bond acceptors (Lipinski definition) is 5. The van der Waals surface area contributed by atoms with Crippen LogP contribution in [0.5, 0.6) is 0 Å². The van der Waals surface area contributed by atoms with Gasteiger partial charge in [-0.05, 0) is 12.2 Å². The van der Waals surface area contributed by atoms with Gasteiger partial charge in [-0.3, -0.25) is 15.4 Å². The molecular formula is C10H14N4OS. The minimum Gasteiger partial charge on any atom is -0.327 e. The number of rotatable bonds is 4. The van der Waals surface area contributed by atoms with Crippen LogP contribution in [0.3, 0.4) is 0 Å². The standard InChI is InChI=1S/C10H14N4OS/c1-8(15)14-10-4-2-9(3-5-10)6-12-13-7-16-11/h2,4-5,13H,3,7,11H2,1H3,(H,14,15). The van der Waals surface area contributed by atoms with Crippen molar-refractivity contribution in [2.75, 3.05) is 5.88 Å². The highest BCUT2D eigenvalue weighted by molar-refractivity contribution is 7.97. The van der Waals surface area contributed by atoms with Gasteiger partial charge in [0.05, 0.1) is 5.88 Å². The third-order valence-electron chi connectivity index (χ3n) is 1.75. The van der Waals surface area contributed by atoms with Crippen LogP contribution in [-0.2, 0) is 4.79 Å². The van der Waals surface area contributed by atoms with E-state index in [9.17, 15) is 4.79 Å². The quantitative estimate of drug-likeness (QED) is 0.221. The number of carbonyl (C=O) groups is 1. The summed E-state index contributed by atoms with van der Waals surface area (Å²) in [7, 11) is 0. The van der Waals surface area contributed by atoms with Crippen LogP contribution in [0.25, 0.3) is 0 Å². The summed E-state index contributed by atoms with van der Waals surface area (Å²) >= 11 is 1.16. The van der Waals surface area contributed by atoms with Crippen LogP contribution >= 0.6 is 11.9 Å². The zero-order valence-electron chi connectivity index (χ0n) is 8.99. The highest BCUT2D eigenvalue weighted by Gasteiger charge is 2.01. The minimum absolute atomic E-state index is 0.0707. The van der Waals surface area contributed by atoms with Crippen molar-refractivity contribution in [2.45, 2.75) is 13.3 Å². The molecule has 0 saturated carbocycles. The molecule has 0 saturated heterocycles. The number of nitrogens with zero attached hydrogens (tertiary/aromatic N) is 1. The molecule has 16 heavy (non-hydrogen) atoms. The number of amides is 1. The SMILES string of the molecule is CC(=O)NC1=CCC(=C=NNCSN)C=C1. The van der Waals surface area contributed by atoms with Crippen molar-refractivity contribution in [1.82, 2.24) is 10.7 Å². The Bertz CT molecular complexity index is 380. The lowest BCUT2D eigenvalue weighted by Gasteiger charge is -2.07. The number of allylic oxidation sites excluding steroid dienone is 4. The van der Waals surface area contributed by atoms with Gasteiger partial charge in [0, 0.05) is 30.5 Å². The number of hydrogen-bond donors (Lipinski definition) is 3. The van der Waals surface area contributed by atoms with E-state index in [4.69, 9.17) is 5.14 Å². The topological polar surface area (TPSA) is 79.5 Å². The van der Waals surface area contributed by atoms with Crippen LogP contribution in [0.1, 0.15) is 13.3 Å². The van der Waals surface area contributed by atoms with Crippen LogP contribution in [-0.4, -0.2) is 17.7 Å². The van der Waals surface area contributed by atoms with Crippen molar-refractivity contribution in [3.63, 3.8) is 0 Å². The Balaban J connectivity index is 2.48. The summed E-state index contributed by atoms with van der Waals surface area (Å²) in [4.78, 5) is 10.8. The number of nitrogens with two attached hydrogens (primary N) is 1. The lowest BCUT2D eigenvalue weighted by atomic mass is 10.1. The third kappa shape index (κ3) is 4.84. The monoisotopic (exact) mass is 238 g/mol. The van der Waals surface area contributed by atoms with Crippen molar-refractivity contribution in [3.8, 4) is 0 Å². The molecule has 0 aromatic heterocycles. The third-order valence-corrected chi connectivity index (χ3v) is 2.05. The summed E-state index contributed by atoms with van der Waals surface area (Å²) in [5, 5.41) is 11.8. The second kappa shape index (κ2) is 6.90. The van der Waals surface area contributed by atoms with E-state index in [2.05, 4.69) is 21.7 Å². The normalized spacial score (nSPS) is 13.9. The molecule has 0 aliphatic heterocycles. The average Bonchev–Trinajstić information content (AvgIpc) is 2.26. The minimum atomic E-state index is -0.0707. The molecule has 6 heteroatoms. The number of nitrogens with one attached hydrogen (secondary N) is 2. The summed E-state index contributed by atoms with van der Waals surface area (Å²) in [6.45, 7) is 1.48. The second-order valence-corrected chi connectivity index (χ2v) is 3.72. The van der Waals surface area contributed by atoms with E-state index in [-0.39, 0.29) is 5.91 Å². The van der Waals surface area contributed by atoms with E-state index in [0.717, 1.165) is 23.2 Å². The van der Waals surface area contributed by atoms with Gasteiger partial charge in [0.25, 0.3) is 0 Å². The molecule has 0 atom stereocenters. The Labute approximate surface area is 98.7 Å². The molecule has 0 fully saturated rings. The molecule has 0 unspecified atom stereocenters. The molecule has 0 aromatic carbocycles. The van der Waals surface area contributed by atoms with Gasteiger partial charge in [0.2, 0.25) is 5.91 Å². The van der Waals surface area contributed by atoms with Gasteiger partial charge in [0.1, 0.15) is 0 Å². The fourth-order valence-corrected chi connectivity index (χ4v) is 1.25. The molecular weight excluding hydrogens is 224 g/mol. The van der Waals surface area contributed by atoms with Crippen LogP contribution < -0.4 is 15.9 Å². The Morgan fingerprint density at radius 3 is 3.06 bits per heavy atom. The fourth-order valence-electron chi connectivity index (χ4n) is 1.11. The average molecular weight is 238 g/mol.